The number of aliphatic hydroxyl groups is 1. The second-order valence-electron chi connectivity index (χ2n) is 5.73. The van der Waals surface area contributed by atoms with Crippen molar-refractivity contribution in [1.29, 1.82) is 0 Å². The Morgan fingerprint density at radius 2 is 1.62 bits per heavy atom. The Morgan fingerprint density at radius 3 is 2.31 bits per heavy atom. The molecule has 26 heavy (non-hydrogen) atoms. The van der Waals surface area contributed by atoms with Crippen LogP contribution in [0.4, 0.5) is 5.69 Å². The van der Waals surface area contributed by atoms with Crippen LogP contribution in [0.5, 0.6) is 0 Å². The Hall–Kier alpha value is -2.69. The summed E-state index contributed by atoms with van der Waals surface area (Å²) in [4.78, 5) is 0.396. The van der Waals surface area contributed by atoms with E-state index in [0.717, 1.165) is 11.3 Å². The van der Waals surface area contributed by atoms with Gasteiger partial charge in [0.15, 0.2) is 17.4 Å². The highest BCUT2D eigenvalue weighted by Gasteiger charge is 2.24. The van der Waals surface area contributed by atoms with Crippen molar-refractivity contribution in [3.8, 4) is 0 Å². The van der Waals surface area contributed by atoms with Gasteiger partial charge in [-0.25, -0.2) is 0 Å². The van der Waals surface area contributed by atoms with E-state index in [-0.39, 0.29) is 5.76 Å². The fourth-order valence-corrected chi connectivity index (χ4v) is 3.11. The fourth-order valence-electron chi connectivity index (χ4n) is 2.57. The molecule has 0 unspecified atom stereocenters. The SMILES string of the molecule is Cc1ccccc1NC(=S)C(=C(O)c1ccccc1Cl)[n+]1ccccc1. The second-order valence-corrected chi connectivity index (χ2v) is 6.54. The maximum atomic E-state index is 11.0. The van der Waals surface area contributed by atoms with Crippen molar-refractivity contribution in [1.82, 2.24) is 0 Å². The lowest BCUT2D eigenvalue weighted by Gasteiger charge is -2.12. The minimum Gasteiger partial charge on any atom is -0.502 e. The Kier molecular flexibility index (Phi) is 5.66. The van der Waals surface area contributed by atoms with E-state index in [9.17, 15) is 5.11 Å². The second kappa shape index (κ2) is 8.13. The number of hydrogen-bond acceptors (Lipinski definition) is 2. The highest BCUT2D eigenvalue weighted by molar-refractivity contribution is 7.81. The van der Waals surface area contributed by atoms with Crippen molar-refractivity contribution in [2.45, 2.75) is 6.92 Å². The number of aryl methyl sites for hydroxylation is 1. The van der Waals surface area contributed by atoms with Gasteiger partial charge in [-0.15, -0.1) is 0 Å². The molecule has 0 aliphatic carbocycles. The molecule has 0 saturated carbocycles. The maximum absolute atomic E-state index is 11.0. The largest absolute Gasteiger partial charge is 0.502 e. The average Bonchev–Trinajstić information content (AvgIpc) is 2.65. The Balaban J connectivity index is 2.10. The third-order valence-electron chi connectivity index (χ3n) is 3.94. The van der Waals surface area contributed by atoms with E-state index in [1.807, 2.05) is 73.9 Å². The molecular weight excluding hydrogens is 364 g/mol. The number of para-hydroxylation sites is 1. The van der Waals surface area contributed by atoms with E-state index in [1.165, 1.54) is 0 Å². The van der Waals surface area contributed by atoms with Crippen LogP contribution in [-0.4, -0.2) is 10.1 Å². The number of halogens is 1. The van der Waals surface area contributed by atoms with Crippen LogP contribution in [0.25, 0.3) is 11.5 Å². The summed E-state index contributed by atoms with van der Waals surface area (Å²) in [5.74, 6) is 0.0119. The summed E-state index contributed by atoms with van der Waals surface area (Å²) in [6.07, 6.45) is 3.66. The Morgan fingerprint density at radius 1 is 0.962 bits per heavy atom. The zero-order chi connectivity index (χ0) is 18.5. The van der Waals surface area contributed by atoms with Crippen molar-refractivity contribution in [2.75, 3.05) is 5.32 Å². The lowest BCUT2D eigenvalue weighted by molar-refractivity contribution is -0.575. The van der Waals surface area contributed by atoms with Gasteiger partial charge in [-0.05, 0) is 30.7 Å². The number of anilines is 1. The van der Waals surface area contributed by atoms with Gasteiger partial charge in [0.1, 0.15) is 0 Å². The fraction of sp³-hybridized carbons (Fsp3) is 0.0476. The first-order valence-electron chi connectivity index (χ1n) is 8.09. The predicted octanol–water partition coefficient (Wildman–Crippen LogP) is 5.26. The maximum Gasteiger partial charge on any atom is 0.288 e. The molecule has 1 aromatic heterocycles. The van der Waals surface area contributed by atoms with Crippen LogP contribution >= 0.6 is 23.8 Å². The van der Waals surface area contributed by atoms with Crippen molar-refractivity contribution < 1.29 is 9.67 Å². The standard InChI is InChI=1S/C21H17ClN2OS/c1-15-9-3-6-12-18(15)23-21(26)19(24-13-7-2-8-14-24)20(25)16-10-4-5-11-17(16)22/h2-14H,1H3,(H-,23,25,26)/p+1. The molecule has 0 radical (unpaired) electrons. The number of aliphatic hydroxyl groups excluding tert-OH is 1. The van der Waals surface area contributed by atoms with E-state index >= 15 is 0 Å². The van der Waals surface area contributed by atoms with Gasteiger partial charge in [0.25, 0.3) is 5.70 Å². The summed E-state index contributed by atoms with van der Waals surface area (Å²) >= 11 is 11.9. The van der Waals surface area contributed by atoms with Gasteiger partial charge >= 0.3 is 0 Å². The van der Waals surface area contributed by atoms with Crippen LogP contribution in [0.2, 0.25) is 5.02 Å². The monoisotopic (exact) mass is 381 g/mol. The molecule has 1 heterocycles. The topological polar surface area (TPSA) is 36.1 Å². The lowest BCUT2D eigenvalue weighted by Crippen LogP contribution is -2.38. The highest BCUT2D eigenvalue weighted by Crippen LogP contribution is 2.25. The van der Waals surface area contributed by atoms with Crippen molar-refractivity contribution in [3.05, 3.63) is 95.3 Å². The van der Waals surface area contributed by atoms with Gasteiger partial charge in [-0.3, -0.25) is 0 Å². The van der Waals surface area contributed by atoms with E-state index in [2.05, 4.69) is 5.32 Å². The van der Waals surface area contributed by atoms with Crippen LogP contribution in [-0.2, 0) is 0 Å². The van der Waals surface area contributed by atoms with Gasteiger partial charge in [0.2, 0.25) is 5.76 Å². The number of hydrogen-bond donors (Lipinski definition) is 2. The molecule has 3 rings (SSSR count). The van der Waals surface area contributed by atoms with Gasteiger partial charge in [0, 0.05) is 23.4 Å². The molecule has 0 spiro atoms. The summed E-state index contributed by atoms with van der Waals surface area (Å²) in [7, 11) is 0. The molecule has 2 N–H and O–H groups in total. The minimum absolute atomic E-state index is 0.0119. The summed E-state index contributed by atoms with van der Waals surface area (Å²) in [5, 5.41) is 14.7. The molecule has 0 aliphatic heterocycles. The quantitative estimate of drug-likeness (QED) is 0.280. The molecule has 130 valence electrons. The number of thiocarbonyl (C=S) groups is 1. The summed E-state index contributed by atoms with van der Waals surface area (Å²) in [5.41, 5.74) is 2.93. The first kappa shape index (κ1) is 18.1. The number of pyridine rings is 1. The van der Waals surface area contributed by atoms with Crippen molar-refractivity contribution in [3.63, 3.8) is 0 Å². The van der Waals surface area contributed by atoms with Gasteiger partial charge in [-0.1, -0.05) is 60.2 Å². The molecule has 0 aliphatic rings. The van der Waals surface area contributed by atoms with Crippen LogP contribution < -0.4 is 9.88 Å². The summed E-state index contributed by atoms with van der Waals surface area (Å²) < 4.78 is 1.77. The smallest absolute Gasteiger partial charge is 0.288 e. The van der Waals surface area contributed by atoms with Crippen LogP contribution in [0.3, 0.4) is 0 Å². The van der Waals surface area contributed by atoms with Crippen molar-refractivity contribution in [2.24, 2.45) is 0 Å². The number of rotatable bonds is 4. The number of aromatic nitrogens is 1. The molecule has 5 heteroatoms. The molecule has 0 amide bonds. The van der Waals surface area contributed by atoms with Gasteiger partial charge in [0.05, 0.1) is 5.02 Å². The summed E-state index contributed by atoms with van der Waals surface area (Å²) in [6, 6.07) is 20.6. The normalized spacial score (nSPS) is 11.6. The predicted molar refractivity (Wildman–Crippen MR) is 111 cm³/mol. The third kappa shape index (κ3) is 3.93. The molecule has 0 atom stereocenters. The molecule has 0 fully saturated rings. The zero-order valence-corrected chi connectivity index (χ0v) is 15.8. The summed E-state index contributed by atoms with van der Waals surface area (Å²) in [6.45, 7) is 2.00. The third-order valence-corrected chi connectivity index (χ3v) is 4.56. The number of benzene rings is 2. The Bertz CT molecular complexity index is 971. The van der Waals surface area contributed by atoms with E-state index in [1.54, 1.807) is 16.7 Å². The van der Waals surface area contributed by atoms with E-state index in [4.69, 9.17) is 23.8 Å². The minimum atomic E-state index is 0.0119. The first-order chi connectivity index (χ1) is 12.6. The van der Waals surface area contributed by atoms with E-state index in [0.29, 0.717) is 21.3 Å². The molecular formula is C21H18ClN2OS+. The van der Waals surface area contributed by atoms with E-state index < -0.39 is 0 Å². The van der Waals surface area contributed by atoms with Crippen LogP contribution in [0.1, 0.15) is 11.1 Å². The first-order valence-corrected chi connectivity index (χ1v) is 8.88. The number of nitrogens with zero attached hydrogens (tertiary/aromatic N) is 1. The average molecular weight is 382 g/mol. The van der Waals surface area contributed by atoms with Gasteiger partial charge in [-0.2, -0.15) is 4.57 Å². The molecule has 3 aromatic rings. The highest BCUT2D eigenvalue weighted by atomic mass is 35.5. The molecule has 3 nitrogen and oxygen atoms in total. The van der Waals surface area contributed by atoms with Crippen LogP contribution in [0.15, 0.2) is 79.1 Å². The Labute approximate surface area is 163 Å². The van der Waals surface area contributed by atoms with Crippen molar-refractivity contribution >= 4 is 46.0 Å². The number of nitrogens with one attached hydrogen (secondary N) is 1. The molecule has 0 saturated heterocycles. The lowest BCUT2D eigenvalue weighted by atomic mass is 10.1. The molecule has 0 bridgehead atoms. The molecule has 2 aromatic carbocycles. The zero-order valence-electron chi connectivity index (χ0n) is 14.2. The van der Waals surface area contributed by atoms with Crippen LogP contribution in [0, 0.1) is 6.92 Å². The van der Waals surface area contributed by atoms with Gasteiger partial charge < -0.3 is 10.4 Å².